The Kier molecular flexibility index (Phi) is 4.86. The fraction of sp³-hybridized carbons (Fsp3) is 0.529. The second kappa shape index (κ2) is 6.48. The maximum absolute atomic E-state index is 12.6. The first kappa shape index (κ1) is 16.5. The van der Waals surface area contributed by atoms with E-state index in [-0.39, 0.29) is 12.5 Å². The molecule has 0 saturated carbocycles. The minimum atomic E-state index is -0.579. The zero-order valence-corrected chi connectivity index (χ0v) is 13.5. The van der Waals surface area contributed by atoms with Crippen LogP contribution in [-0.4, -0.2) is 30.1 Å². The predicted molar refractivity (Wildman–Crippen MR) is 85.6 cm³/mol. The molecule has 1 aliphatic rings. The number of para-hydroxylation sites is 1. The molecule has 1 atom stereocenters. The summed E-state index contributed by atoms with van der Waals surface area (Å²) in [4.78, 5) is 26.2. The number of hydrogen-bond donors (Lipinski definition) is 1. The fourth-order valence-electron chi connectivity index (χ4n) is 2.61. The second-order valence-electron chi connectivity index (χ2n) is 6.64. The summed E-state index contributed by atoms with van der Waals surface area (Å²) >= 11 is 0. The molecule has 2 N–H and O–H groups in total. The van der Waals surface area contributed by atoms with Crippen molar-refractivity contribution >= 4 is 17.6 Å². The maximum Gasteiger partial charge on any atom is 0.326 e. The number of benzene rings is 1. The van der Waals surface area contributed by atoms with Gasteiger partial charge in [-0.15, -0.1) is 0 Å². The Morgan fingerprint density at radius 3 is 2.73 bits per heavy atom. The summed E-state index contributed by atoms with van der Waals surface area (Å²) in [5.74, 6) is -0.651. The lowest BCUT2D eigenvalue weighted by molar-refractivity contribution is -0.153. The number of fused-ring (bicyclic) bond motifs is 1. The largest absolute Gasteiger partial charge is 0.459 e. The van der Waals surface area contributed by atoms with Gasteiger partial charge in [0.15, 0.2) is 0 Å². The highest BCUT2D eigenvalue weighted by Gasteiger charge is 2.29. The Morgan fingerprint density at radius 2 is 2.05 bits per heavy atom. The van der Waals surface area contributed by atoms with Crippen molar-refractivity contribution < 1.29 is 14.3 Å². The van der Waals surface area contributed by atoms with Crippen LogP contribution in [0.4, 0.5) is 5.69 Å². The van der Waals surface area contributed by atoms with Gasteiger partial charge in [-0.2, -0.15) is 0 Å². The van der Waals surface area contributed by atoms with Crippen LogP contribution in [-0.2, 0) is 20.7 Å². The Morgan fingerprint density at radius 1 is 1.36 bits per heavy atom. The Bertz CT molecular complexity index is 563. The third-order valence-electron chi connectivity index (χ3n) is 3.53. The quantitative estimate of drug-likeness (QED) is 0.849. The molecule has 1 unspecified atom stereocenters. The Balaban J connectivity index is 2.29. The number of nitrogens with zero attached hydrogens (tertiary/aromatic N) is 1. The smallest absolute Gasteiger partial charge is 0.326 e. The zero-order chi connectivity index (χ0) is 16.3. The van der Waals surface area contributed by atoms with E-state index in [1.807, 2.05) is 24.3 Å². The summed E-state index contributed by atoms with van der Waals surface area (Å²) in [5, 5.41) is 0. The van der Waals surface area contributed by atoms with Gasteiger partial charge >= 0.3 is 5.97 Å². The molecule has 1 amide bonds. The number of anilines is 1. The topological polar surface area (TPSA) is 72.6 Å². The molecular formula is C17H24N2O3. The van der Waals surface area contributed by atoms with E-state index in [9.17, 15) is 9.59 Å². The molecule has 2 rings (SSSR count). The van der Waals surface area contributed by atoms with Crippen molar-refractivity contribution in [1.29, 1.82) is 0 Å². The monoisotopic (exact) mass is 304 g/mol. The summed E-state index contributed by atoms with van der Waals surface area (Å²) < 4.78 is 5.34. The second-order valence-corrected chi connectivity index (χ2v) is 6.64. The molecule has 1 heterocycles. The van der Waals surface area contributed by atoms with Crippen LogP contribution in [0, 0.1) is 0 Å². The molecule has 0 fully saturated rings. The maximum atomic E-state index is 12.6. The van der Waals surface area contributed by atoms with Gasteiger partial charge in [-0.05, 0) is 51.7 Å². The van der Waals surface area contributed by atoms with Crippen molar-refractivity contribution in [2.75, 3.05) is 11.4 Å². The number of aryl methyl sites for hydroxylation is 1. The van der Waals surface area contributed by atoms with Gasteiger partial charge in [0.1, 0.15) is 12.1 Å². The molecule has 0 spiro atoms. The van der Waals surface area contributed by atoms with E-state index >= 15 is 0 Å². The lowest BCUT2D eigenvalue weighted by Gasteiger charge is -2.30. The minimum absolute atomic E-state index is 0.110. The summed E-state index contributed by atoms with van der Waals surface area (Å²) in [6.45, 7) is 5.31. The molecule has 0 bridgehead atoms. The first-order valence-electron chi connectivity index (χ1n) is 7.64. The summed E-state index contributed by atoms with van der Waals surface area (Å²) in [5.41, 5.74) is 7.20. The molecule has 1 aliphatic heterocycles. The van der Waals surface area contributed by atoms with Crippen LogP contribution in [0.1, 0.15) is 39.2 Å². The molecule has 0 aliphatic carbocycles. The van der Waals surface area contributed by atoms with Gasteiger partial charge in [-0.3, -0.25) is 14.5 Å². The van der Waals surface area contributed by atoms with Gasteiger partial charge < -0.3 is 10.5 Å². The third-order valence-corrected chi connectivity index (χ3v) is 3.53. The third kappa shape index (κ3) is 4.07. The van der Waals surface area contributed by atoms with Crippen molar-refractivity contribution in [3.8, 4) is 0 Å². The van der Waals surface area contributed by atoms with Crippen molar-refractivity contribution in [2.45, 2.75) is 51.7 Å². The molecular weight excluding hydrogens is 280 g/mol. The molecule has 5 heteroatoms. The van der Waals surface area contributed by atoms with Gasteiger partial charge in [0.2, 0.25) is 5.91 Å². The van der Waals surface area contributed by atoms with E-state index in [2.05, 4.69) is 0 Å². The number of ether oxygens (including phenoxy) is 1. The average Bonchev–Trinajstić information content (AvgIpc) is 2.41. The molecule has 0 saturated heterocycles. The van der Waals surface area contributed by atoms with E-state index in [4.69, 9.17) is 10.5 Å². The normalized spacial score (nSPS) is 19.2. The SMILES string of the molecule is CC(C)(C)OC(=O)CN1C(=O)C(N)CCCc2ccccc21. The number of esters is 1. The van der Waals surface area contributed by atoms with Crippen molar-refractivity contribution in [3.63, 3.8) is 0 Å². The van der Waals surface area contributed by atoms with Gasteiger partial charge in [0.05, 0.1) is 6.04 Å². The fourth-order valence-corrected chi connectivity index (χ4v) is 2.61. The van der Waals surface area contributed by atoms with E-state index in [1.165, 1.54) is 4.90 Å². The van der Waals surface area contributed by atoms with Gasteiger partial charge in [0.25, 0.3) is 0 Å². The van der Waals surface area contributed by atoms with Crippen LogP contribution < -0.4 is 10.6 Å². The molecule has 1 aromatic rings. The number of nitrogens with two attached hydrogens (primary N) is 1. The Hall–Kier alpha value is -1.88. The molecule has 1 aromatic carbocycles. The van der Waals surface area contributed by atoms with E-state index in [0.29, 0.717) is 6.42 Å². The van der Waals surface area contributed by atoms with Crippen LogP contribution in [0.5, 0.6) is 0 Å². The standard InChI is InChI=1S/C17H24N2O3/c1-17(2,3)22-15(20)11-19-14-10-5-4-7-12(14)8-6-9-13(18)16(19)21/h4-5,7,10,13H,6,8-9,11,18H2,1-3H3. The van der Waals surface area contributed by atoms with E-state index in [0.717, 1.165) is 24.1 Å². The highest BCUT2D eigenvalue weighted by Crippen LogP contribution is 2.26. The van der Waals surface area contributed by atoms with Crippen molar-refractivity contribution in [3.05, 3.63) is 29.8 Å². The predicted octanol–water partition coefficient (Wildman–Crippen LogP) is 2.02. The lowest BCUT2D eigenvalue weighted by Crippen LogP contribution is -2.48. The van der Waals surface area contributed by atoms with Crippen LogP contribution >= 0.6 is 0 Å². The minimum Gasteiger partial charge on any atom is -0.459 e. The van der Waals surface area contributed by atoms with Crippen LogP contribution in [0.2, 0.25) is 0 Å². The lowest BCUT2D eigenvalue weighted by atomic mass is 9.98. The first-order chi connectivity index (χ1) is 10.3. The van der Waals surface area contributed by atoms with E-state index in [1.54, 1.807) is 20.8 Å². The van der Waals surface area contributed by atoms with Crippen LogP contribution in [0.3, 0.4) is 0 Å². The summed E-state index contributed by atoms with van der Waals surface area (Å²) in [7, 11) is 0. The average molecular weight is 304 g/mol. The van der Waals surface area contributed by atoms with Crippen LogP contribution in [0.15, 0.2) is 24.3 Å². The highest BCUT2D eigenvalue weighted by molar-refractivity contribution is 6.01. The van der Waals surface area contributed by atoms with E-state index < -0.39 is 17.6 Å². The van der Waals surface area contributed by atoms with Gasteiger partial charge in [-0.1, -0.05) is 18.2 Å². The van der Waals surface area contributed by atoms with Crippen molar-refractivity contribution in [2.24, 2.45) is 5.73 Å². The highest BCUT2D eigenvalue weighted by atomic mass is 16.6. The number of hydrogen-bond acceptors (Lipinski definition) is 4. The first-order valence-corrected chi connectivity index (χ1v) is 7.64. The summed E-state index contributed by atoms with van der Waals surface area (Å²) in [6.07, 6.45) is 2.34. The number of amides is 1. The summed E-state index contributed by atoms with van der Waals surface area (Å²) in [6, 6.07) is 7.07. The van der Waals surface area contributed by atoms with Crippen molar-refractivity contribution in [1.82, 2.24) is 0 Å². The zero-order valence-electron chi connectivity index (χ0n) is 13.5. The number of carbonyl (C=O) groups is 2. The van der Waals surface area contributed by atoms with Crippen LogP contribution in [0.25, 0.3) is 0 Å². The number of rotatable bonds is 2. The molecule has 0 radical (unpaired) electrons. The molecule has 0 aromatic heterocycles. The van der Waals surface area contributed by atoms with Gasteiger partial charge in [0, 0.05) is 5.69 Å². The van der Waals surface area contributed by atoms with Gasteiger partial charge in [-0.25, -0.2) is 0 Å². The molecule has 22 heavy (non-hydrogen) atoms. The molecule has 5 nitrogen and oxygen atoms in total. The molecule has 120 valence electrons. The number of carbonyl (C=O) groups excluding carboxylic acids is 2. The Labute approximate surface area is 131 Å².